The number of anilines is 2. The topological polar surface area (TPSA) is 45.1 Å². The van der Waals surface area contributed by atoms with E-state index in [1.54, 1.807) is 17.0 Å². The van der Waals surface area contributed by atoms with Gasteiger partial charge in [0.05, 0.1) is 30.6 Å². The van der Waals surface area contributed by atoms with Gasteiger partial charge in [-0.3, -0.25) is 14.7 Å². The maximum absolute atomic E-state index is 14.2. The van der Waals surface area contributed by atoms with E-state index in [0.717, 1.165) is 0 Å². The summed E-state index contributed by atoms with van der Waals surface area (Å²) in [7, 11) is 0. The third-order valence-corrected chi connectivity index (χ3v) is 3.99. The molecule has 0 aromatic heterocycles. The number of rotatable bonds is 2. The van der Waals surface area contributed by atoms with Crippen LogP contribution in [0.2, 0.25) is 0 Å². The van der Waals surface area contributed by atoms with E-state index in [1.807, 2.05) is 18.7 Å². The molecule has 0 aliphatic carbocycles. The molecule has 2 heterocycles. The van der Waals surface area contributed by atoms with Gasteiger partial charge in [-0.1, -0.05) is 0 Å². The Kier molecular flexibility index (Phi) is 4.11. The lowest BCUT2D eigenvalue weighted by Gasteiger charge is -2.32. The smallest absolute Gasteiger partial charge is 0.234 e. The van der Waals surface area contributed by atoms with Crippen LogP contribution >= 0.6 is 0 Å². The molecule has 1 fully saturated rings. The van der Waals surface area contributed by atoms with Gasteiger partial charge >= 0.3 is 0 Å². The molecule has 118 valence electrons. The number of ether oxygens (including phenoxy) is 1. The Morgan fingerprint density at radius 2 is 2.05 bits per heavy atom. The van der Waals surface area contributed by atoms with Crippen molar-refractivity contribution in [1.29, 1.82) is 0 Å². The molecule has 0 spiro atoms. The summed E-state index contributed by atoms with van der Waals surface area (Å²) in [6.07, 6.45) is 0.377. The number of carbonyl (C=O) groups excluding carboxylic acids is 1. The number of hydrogen-bond donors (Lipinski definition) is 0. The SMILES string of the molecule is CC1=NC(C)CC(=O)N1c1ccc(F)c(N2CCOCC2)c1. The summed E-state index contributed by atoms with van der Waals surface area (Å²) in [6.45, 7) is 6.21. The van der Waals surface area contributed by atoms with E-state index in [-0.39, 0.29) is 17.8 Å². The molecule has 22 heavy (non-hydrogen) atoms. The first kappa shape index (κ1) is 15.0. The molecule has 0 N–H and O–H groups in total. The fourth-order valence-corrected chi connectivity index (χ4v) is 2.96. The molecule has 1 aromatic rings. The summed E-state index contributed by atoms with van der Waals surface area (Å²) in [5, 5.41) is 0. The minimum atomic E-state index is -0.280. The van der Waals surface area contributed by atoms with Crippen molar-refractivity contribution in [2.24, 2.45) is 4.99 Å². The fourth-order valence-electron chi connectivity index (χ4n) is 2.96. The van der Waals surface area contributed by atoms with Gasteiger partial charge in [0, 0.05) is 19.5 Å². The highest BCUT2D eigenvalue weighted by Gasteiger charge is 2.27. The summed E-state index contributed by atoms with van der Waals surface area (Å²) in [5.41, 5.74) is 1.18. The lowest BCUT2D eigenvalue weighted by atomic mass is 10.1. The first-order valence-electron chi connectivity index (χ1n) is 7.56. The van der Waals surface area contributed by atoms with Crippen molar-refractivity contribution >= 4 is 23.1 Å². The van der Waals surface area contributed by atoms with Crippen LogP contribution in [0, 0.1) is 5.82 Å². The second-order valence-corrected chi connectivity index (χ2v) is 5.69. The van der Waals surface area contributed by atoms with Crippen molar-refractivity contribution in [1.82, 2.24) is 0 Å². The van der Waals surface area contributed by atoms with Crippen LogP contribution in [0.3, 0.4) is 0 Å². The summed E-state index contributed by atoms with van der Waals surface area (Å²) in [5.74, 6) is 0.376. The number of benzene rings is 1. The average Bonchev–Trinajstić information content (AvgIpc) is 2.49. The largest absolute Gasteiger partial charge is 0.378 e. The van der Waals surface area contributed by atoms with Gasteiger partial charge in [0.2, 0.25) is 5.91 Å². The highest BCUT2D eigenvalue weighted by molar-refractivity contribution is 6.17. The minimum Gasteiger partial charge on any atom is -0.378 e. The Bertz CT molecular complexity index is 611. The van der Waals surface area contributed by atoms with Crippen LogP contribution in [0.1, 0.15) is 20.3 Å². The standard InChI is InChI=1S/C16H20FN3O2/c1-11-9-16(21)20(12(2)18-11)13-3-4-14(17)15(10-13)19-5-7-22-8-6-19/h3-4,10-11H,5-9H2,1-2H3. The van der Waals surface area contributed by atoms with E-state index in [2.05, 4.69) is 4.99 Å². The van der Waals surface area contributed by atoms with Gasteiger partial charge < -0.3 is 9.64 Å². The summed E-state index contributed by atoms with van der Waals surface area (Å²) < 4.78 is 19.5. The molecule has 0 radical (unpaired) electrons. The van der Waals surface area contributed by atoms with E-state index >= 15 is 0 Å². The van der Waals surface area contributed by atoms with Gasteiger partial charge in [0.1, 0.15) is 11.7 Å². The number of hydrogen-bond acceptors (Lipinski definition) is 4. The number of amidine groups is 1. The highest BCUT2D eigenvalue weighted by Crippen LogP contribution is 2.29. The predicted octanol–water partition coefficient (Wildman–Crippen LogP) is 2.21. The van der Waals surface area contributed by atoms with Gasteiger partial charge in [-0.25, -0.2) is 4.39 Å². The quantitative estimate of drug-likeness (QED) is 0.841. The lowest BCUT2D eigenvalue weighted by molar-refractivity contribution is -0.118. The molecule has 5 nitrogen and oxygen atoms in total. The number of morpholine rings is 1. The summed E-state index contributed by atoms with van der Waals surface area (Å²) in [6, 6.07) is 4.78. The van der Waals surface area contributed by atoms with Crippen molar-refractivity contribution < 1.29 is 13.9 Å². The molecular formula is C16H20FN3O2. The van der Waals surface area contributed by atoms with Crippen molar-refractivity contribution in [3.05, 3.63) is 24.0 Å². The van der Waals surface area contributed by atoms with Crippen LogP contribution in [0.4, 0.5) is 15.8 Å². The van der Waals surface area contributed by atoms with E-state index < -0.39 is 0 Å². The van der Waals surface area contributed by atoms with Crippen LogP contribution in [-0.2, 0) is 9.53 Å². The molecule has 2 aliphatic rings. The van der Waals surface area contributed by atoms with E-state index in [9.17, 15) is 9.18 Å². The Morgan fingerprint density at radius 3 is 2.73 bits per heavy atom. The molecule has 0 bridgehead atoms. The third-order valence-electron chi connectivity index (χ3n) is 3.99. The Hall–Kier alpha value is -1.95. The van der Waals surface area contributed by atoms with E-state index in [0.29, 0.717) is 49.9 Å². The van der Waals surface area contributed by atoms with Crippen LogP contribution in [-0.4, -0.2) is 44.1 Å². The lowest BCUT2D eigenvalue weighted by Crippen LogP contribution is -2.41. The molecule has 6 heteroatoms. The van der Waals surface area contributed by atoms with Gasteiger partial charge in [-0.05, 0) is 32.0 Å². The van der Waals surface area contributed by atoms with E-state index in [1.165, 1.54) is 6.07 Å². The average molecular weight is 305 g/mol. The molecule has 3 rings (SSSR count). The van der Waals surface area contributed by atoms with Gasteiger partial charge in [0.15, 0.2) is 0 Å². The summed E-state index contributed by atoms with van der Waals surface area (Å²) in [4.78, 5) is 20.3. The minimum absolute atomic E-state index is 0.000430. The Morgan fingerprint density at radius 1 is 1.32 bits per heavy atom. The molecule has 1 amide bonds. The molecule has 0 saturated carbocycles. The maximum atomic E-state index is 14.2. The zero-order valence-electron chi connectivity index (χ0n) is 12.9. The van der Waals surface area contributed by atoms with Crippen LogP contribution in [0.25, 0.3) is 0 Å². The zero-order chi connectivity index (χ0) is 15.7. The molecule has 1 aromatic carbocycles. The fraction of sp³-hybridized carbons (Fsp3) is 0.500. The van der Waals surface area contributed by atoms with Crippen LogP contribution < -0.4 is 9.80 Å². The zero-order valence-corrected chi connectivity index (χ0v) is 12.9. The molecule has 1 atom stereocenters. The van der Waals surface area contributed by atoms with Gasteiger partial charge in [-0.15, -0.1) is 0 Å². The molecule has 1 unspecified atom stereocenters. The number of carbonyl (C=O) groups is 1. The Balaban J connectivity index is 1.94. The molecular weight excluding hydrogens is 285 g/mol. The van der Waals surface area contributed by atoms with Gasteiger partial charge in [0.25, 0.3) is 0 Å². The first-order chi connectivity index (χ1) is 10.6. The highest BCUT2D eigenvalue weighted by atomic mass is 19.1. The van der Waals surface area contributed by atoms with Crippen LogP contribution in [0.5, 0.6) is 0 Å². The number of nitrogens with zero attached hydrogens (tertiary/aromatic N) is 3. The number of aliphatic imine (C=N–C) groups is 1. The summed E-state index contributed by atoms with van der Waals surface area (Å²) >= 11 is 0. The molecule has 2 aliphatic heterocycles. The second-order valence-electron chi connectivity index (χ2n) is 5.69. The number of amides is 1. The van der Waals surface area contributed by atoms with Crippen molar-refractivity contribution in [2.45, 2.75) is 26.3 Å². The van der Waals surface area contributed by atoms with Crippen molar-refractivity contribution in [2.75, 3.05) is 36.1 Å². The van der Waals surface area contributed by atoms with Crippen molar-refractivity contribution in [3.63, 3.8) is 0 Å². The van der Waals surface area contributed by atoms with Crippen LogP contribution in [0.15, 0.2) is 23.2 Å². The third kappa shape index (κ3) is 2.83. The first-order valence-corrected chi connectivity index (χ1v) is 7.56. The molecule has 1 saturated heterocycles. The second kappa shape index (κ2) is 6.04. The monoisotopic (exact) mass is 305 g/mol. The van der Waals surface area contributed by atoms with Crippen molar-refractivity contribution in [3.8, 4) is 0 Å². The van der Waals surface area contributed by atoms with E-state index in [4.69, 9.17) is 4.74 Å². The predicted molar refractivity (Wildman–Crippen MR) is 84.1 cm³/mol. The normalized spacial score (nSPS) is 22.8. The van der Waals surface area contributed by atoms with Gasteiger partial charge in [-0.2, -0.15) is 0 Å². The Labute approximate surface area is 129 Å². The maximum Gasteiger partial charge on any atom is 0.234 e. The number of halogens is 1.